The fourth-order valence-electron chi connectivity index (χ4n) is 3.23. The van der Waals surface area contributed by atoms with Gasteiger partial charge in [-0.3, -0.25) is 4.90 Å². The molecule has 0 amide bonds. The molecule has 1 aliphatic heterocycles. The van der Waals surface area contributed by atoms with E-state index in [2.05, 4.69) is 25.7 Å². The molecule has 2 rings (SSSR count). The topological polar surface area (TPSA) is 38.5 Å². The summed E-state index contributed by atoms with van der Waals surface area (Å²) in [5.41, 5.74) is 7.88. The van der Waals surface area contributed by atoms with Crippen molar-refractivity contribution < 1.29 is 9.13 Å². The zero-order valence-electron chi connectivity index (χ0n) is 12.8. The second kappa shape index (κ2) is 5.80. The van der Waals surface area contributed by atoms with Crippen molar-refractivity contribution in [1.29, 1.82) is 0 Å². The summed E-state index contributed by atoms with van der Waals surface area (Å²) in [6, 6.07) is 5.06. The molecule has 3 nitrogen and oxygen atoms in total. The maximum absolute atomic E-state index is 13.3. The number of nitrogens with zero attached hydrogens (tertiary/aromatic N) is 1. The molecule has 1 saturated heterocycles. The lowest BCUT2D eigenvalue weighted by atomic mass is 9.96. The summed E-state index contributed by atoms with van der Waals surface area (Å²) in [7, 11) is 0. The highest BCUT2D eigenvalue weighted by atomic mass is 19.1. The van der Waals surface area contributed by atoms with Crippen molar-refractivity contribution in [2.24, 2.45) is 5.73 Å². The van der Waals surface area contributed by atoms with Gasteiger partial charge in [-0.05, 0) is 51.0 Å². The Labute approximate surface area is 120 Å². The van der Waals surface area contributed by atoms with Gasteiger partial charge in [-0.1, -0.05) is 6.07 Å². The van der Waals surface area contributed by atoms with Crippen LogP contribution >= 0.6 is 0 Å². The van der Waals surface area contributed by atoms with Gasteiger partial charge in [-0.25, -0.2) is 4.39 Å². The molecule has 2 N–H and O–H groups in total. The standard InChI is InChI=1S/C16H25FN2O/c1-11-7-13(17)5-6-14(11)15(8-18)19-9-12(2)20-16(3,4)10-19/h5-7,12,15H,8-10,18H2,1-4H3. The third-order valence-electron chi connectivity index (χ3n) is 3.85. The van der Waals surface area contributed by atoms with Crippen LogP contribution in [0.3, 0.4) is 0 Å². The summed E-state index contributed by atoms with van der Waals surface area (Å²) in [5.74, 6) is -0.197. The van der Waals surface area contributed by atoms with E-state index in [-0.39, 0.29) is 23.6 Å². The number of halogens is 1. The minimum absolute atomic E-state index is 0.112. The Kier molecular flexibility index (Phi) is 4.47. The van der Waals surface area contributed by atoms with Crippen LogP contribution in [0.25, 0.3) is 0 Å². The molecule has 0 saturated carbocycles. The van der Waals surface area contributed by atoms with E-state index >= 15 is 0 Å². The number of nitrogens with two attached hydrogens (primary N) is 1. The first-order valence-corrected chi connectivity index (χ1v) is 7.20. The predicted octanol–water partition coefficient (Wildman–Crippen LogP) is 2.63. The summed E-state index contributed by atoms with van der Waals surface area (Å²) in [5, 5.41) is 0. The van der Waals surface area contributed by atoms with Crippen LogP contribution in [-0.2, 0) is 4.74 Å². The van der Waals surface area contributed by atoms with E-state index in [1.807, 2.05) is 13.0 Å². The fourth-order valence-corrected chi connectivity index (χ4v) is 3.23. The Balaban J connectivity index is 2.27. The van der Waals surface area contributed by atoms with Crippen molar-refractivity contribution in [2.75, 3.05) is 19.6 Å². The molecule has 0 spiro atoms. The van der Waals surface area contributed by atoms with Gasteiger partial charge in [0.05, 0.1) is 11.7 Å². The van der Waals surface area contributed by atoms with Gasteiger partial charge in [0.1, 0.15) is 5.82 Å². The third kappa shape index (κ3) is 3.37. The highest BCUT2D eigenvalue weighted by molar-refractivity contribution is 5.30. The molecule has 1 fully saturated rings. The van der Waals surface area contributed by atoms with E-state index in [9.17, 15) is 4.39 Å². The van der Waals surface area contributed by atoms with E-state index in [1.54, 1.807) is 6.07 Å². The predicted molar refractivity (Wildman–Crippen MR) is 79.1 cm³/mol. The Bertz CT molecular complexity index is 476. The van der Waals surface area contributed by atoms with Crippen LogP contribution in [-0.4, -0.2) is 36.2 Å². The lowest BCUT2D eigenvalue weighted by molar-refractivity contribution is -0.137. The molecule has 0 bridgehead atoms. The van der Waals surface area contributed by atoms with Gasteiger partial charge in [0.15, 0.2) is 0 Å². The molecule has 1 aromatic rings. The van der Waals surface area contributed by atoms with Gasteiger partial charge in [-0.2, -0.15) is 0 Å². The van der Waals surface area contributed by atoms with Crippen molar-refractivity contribution in [3.63, 3.8) is 0 Å². The van der Waals surface area contributed by atoms with Crippen molar-refractivity contribution >= 4 is 0 Å². The number of morpholine rings is 1. The minimum Gasteiger partial charge on any atom is -0.370 e. The molecule has 0 radical (unpaired) electrons. The molecule has 1 aliphatic rings. The van der Waals surface area contributed by atoms with Gasteiger partial charge >= 0.3 is 0 Å². The molecule has 0 aromatic heterocycles. The number of hydrogen-bond acceptors (Lipinski definition) is 3. The zero-order chi connectivity index (χ0) is 14.9. The highest BCUT2D eigenvalue weighted by Gasteiger charge is 2.35. The third-order valence-corrected chi connectivity index (χ3v) is 3.85. The maximum Gasteiger partial charge on any atom is 0.123 e. The Morgan fingerprint density at radius 2 is 2.20 bits per heavy atom. The van der Waals surface area contributed by atoms with E-state index in [4.69, 9.17) is 10.5 Å². The van der Waals surface area contributed by atoms with E-state index in [0.717, 1.165) is 24.2 Å². The van der Waals surface area contributed by atoms with Crippen LogP contribution in [0.15, 0.2) is 18.2 Å². The molecule has 2 unspecified atom stereocenters. The maximum atomic E-state index is 13.3. The molecule has 1 aromatic carbocycles. The van der Waals surface area contributed by atoms with Crippen molar-refractivity contribution in [3.8, 4) is 0 Å². The van der Waals surface area contributed by atoms with Crippen molar-refractivity contribution in [1.82, 2.24) is 4.90 Å². The van der Waals surface area contributed by atoms with Gasteiger partial charge < -0.3 is 10.5 Å². The van der Waals surface area contributed by atoms with Crippen LogP contribution in [0, 0.1) is 12.7 Å². The van der Waals surface area contributed by atoms with Crippen LogP contribution < -0.4 is 5.73 Å². The number of hydrogen-bond donors (Lipinski definition) is 1. The summed E-state index contributed by atoms with van der Waals surface area (Å²) in [6.45, 7) is 10.4. The molecule has 20 heavy (non-hydrogen) atoms. The average Bonchev–Trinajstić information content (AvgIpc) is 2.30. The number of benzene rings is 1. The van der Waals surface area contributed by atoms with Gasteiger partial charge in [0, 0.05) is 25.7 Å². The average molecular weight is 280 g/mol. The minimum atomic E-state index is -0.197. The van der Waals surface area contributed by atoms with E-state index in [1.165, 1.54) is 6.07 Å². The molecular formula is C16H25FN2O. The SMILES string of the molecule is Cc1cc(F)ccc1C(CN)N1CC(C)OC(C)(C)C1. The number of ether oxygens (including phenoxy) is 1. The van der Waals surface area contributed by atoms with E-state index in [0.29, 0.717) is 6.54 Å². The van der Waals surface area contributed by atoms with Gasteiger partial charge in [0.2, 0.25) is 0 Å². The van der Waals surface area contributed by atoms with Crippen molar-refractivity contribution in [2.45, 2.75) is 45.4 Å². The Morgan fingerprint density at radius 1 is 1.50 bits per heavy atom. The van der Waals surface area contributed by atoms with Crippen LogP contribution in [0.2, 0.25) is 0 Å². The number of aryl methyl sites for hydroxylation is 1. The van der Waals surface area contributed by atoms with Gasteiger partial charge in [-0.15, -0.1) is 0 Å². The summed E-state index contributed by atoms with van der Waals surface area (Å²) in [4.78, 5) is 2.36. The quantitative estimate of drug-likeness (QED) is 0.925. The molecule has 2 atom stereocenters. The molecular weight excluding hydrogens is 255 g/mol. The van der Waals surface area contributed by atoms with Crippen LogP contribution in [0.5, 0.6) is 0 Å². The first kappa shape index (κ1) is 15.4. The largest absolute Gasteiger partial charge is 0.370 e. The van der Waals surface area contributed by atoms with E-state index < -0.39 is 0 Å². The monoisotopic (exact) mass is 280 g/mol. The second-order valence-corrected chi connectivity index (χ2v) is 6.37. The number of rotatable bonds is 3. The lowest BCUT2D eigenvalue weighted by Crippen LogP contribution is -2.54. The van der Waals surface area contributed by atoms with Crippen molar-refractivity contribution in [3.05, 3.63) is 35.1 Å². The van der Waals surface area contributed by atoms with Crippen LogP contribution in [0.1, 0.15) is 37.9 Å². The summed E-state index contributed by atoms with van der Waals surface area (Å²) in [6.07, 6.45) is 0.175. The molecule has 1 heterocycles. The lowest BCUT2D eigenvalue weighted by Gasteiger charge is -2.45. The van der Waals surface area contributed by atoms with Gasteiger partial charge in [0.25, 0.3) is 0 Å². The molecule has 4 heteroatoms. The zero-order valence-corrected chi connectivity index (χ0v) is 12.8. The molecule has 112 valence electrons. The smallest absolute Gasteiger partial charge is 0.123 e. The first-order chi connectivity index (χ1) is 9.32. The Morgan fingerprint density at radius 3 is 2.75 bits per heavy atom. The molecule has 0 aliphatic carbocycles. The summed E-state index contributed by atoms with van der Waals surface area (Å²) >= 11 is 0. The first-order valence-electron chi connectivity index (χ1n) is 7.20. The fraction of sp³-hybridized carbons (Fsp3) is 0.625. The summed E-state index contributed by atoms with van der Waals surface area (Å²) < 4.78 is 19.2. The Hall–Kier alpha value is -0.970. The normalized spacial score (nSPS) is 24.6. The van der Waals surface area contributed by atoms with Crippen LogP contribution in [0.4, 0.5) is 4.39 Å². The highest BCUT2D eigenvalue weighted by Crippen LogP contribution is 2.30. The second-order valence-electron chi connectivity index (χ2n) is 6.37.